The van der Waals surface area contributed by atoms with Gasteiger partial charge in [-0.15, -0.1) is 0 Å². The van der Waals surface area contributed by atoms with Gasteiger partial charge in [-0.2, -0.15) is 13.2 Å². The predicted molar refractivity (Wildman–Crippen MR) is 111 cm³/mol. The molecular weight excluding hydrogens is 472 g/mol. The Labute approximate surface area is 189 Å². The number of alkyl halides is 3. The zero-order valence-corrected chi connectivity index (χ0v) is 17.4. The Kier molecular flexibility index (Phi) is 7.16. The first-order valence-corrected chi connectivity index (χ1v) is 9.60. The number of ether oxygens (including phenoxy) is 1. The number of nitrogens with one attached hydrogen (secondary N) is 2. The summed E-state index contributed by atoms with van der Waals surface area (Å²) in [6.07, 6.45) is -5.66. The fourth-order valence-electron chi connectivity index (χ4n) is 2.47. The van der Waals surface area contributed by atoms with Crippen molar-refractivity contribution in [3.05, 3.63) is 81.6 Å². The number of carbonyl (C=O) groups is 2. The van der Waals surface area contributed by atoms with Crippen molar-refractivity contribution in [2.24, 2.45) is 0 Å². The van der Waals surface area contributed by atoms with Crippen molar-refractivity contribution in [3.8, 4) is 0 Å². The van der Waals surface area contributed by atoms with Gasteiger partial charge in [-0.3, -0.25) is 0 Å². The summed E-state index contributed by atoms with van der Waals surface area (Å²) in [4.78, 5) is 31.0. The highest BCUT2D eigenvalue weighted by Crippen LogP contribution is 2.34. The van der Waals surface area contributed by atoms with Gasteiger partial charge in [0.2, 0.25) is 5.95 Å². The molecule has 0 aliphatic heterocycles. The molecule has 12 heteroatoms. The van der Waals surface area contributed by atoms with Crippen LogP contribution in [0.1, 0.15) is 21.6 Å². The van der Waals surface area contributed by atoms with Gasteiger partial charge in [0.05, 0.1) is 15.7 Å². The highest BCUT2D eigenvalue weighted by Gasteiger charge is 2.39. The number of halogens is 5. The topological polar surface area (TPSA) is 93.2 Å². The van der Waals surface area contributed by atoms with E-state index in [1.807, 2.05) is 0 Å². The summed E-state index contributed by atoms with van der Waals surface area (Å²) >= 11 is 11.9. The number of esters is 1. The lowest BCUT2D eigenvalue weighted by atomic mass is 10.2. The first-order chi connectivity index (χ1) is 15.1. The zero-order valence-electron chi connectivity index (χ0n) is 15.9. The molecular formula is C20H13Cl2F3N4O3. The molecule has 0 saturated carbocycles. The Balaban J connectivity index is 1.77. The van der Waals surface area contributed by atoms with E-state index < -0.39 is 35.4 Å². The van der Waals surface area contributed by atoms with Crippen molar-refractivity contribution in [1.82, 2.24) is 15.3 Å². The lowest BCUT2D eigenvalue weighted by Gasteiger charge is -2.13. The second-order valence-corrected chi connectivity index (χ2v) is 6.98. The minimum absolute atomic E-state index is 0.0127. The molecule has 1 amide bonds. The van der Waals surface area contributed by atoms with Gasteiger partial charge in [0.1, 0.15) is 5.56 Å². The molecule has 0 fully saturated rings. The number of nitrogens with zero attached hydrogens (tertiary/aromatic N) is 2. The molecule has 7 nitrogen and oxygen atoms in total. The lowest BCUT2D eigenvalue weighted by molar-refractivity contribution is -0.141. The highest BCUT2D eigenvalue weighted by atomic mass is 35.5. The molecule has 0 aliphatic carbocycles. The summed E-state index contributed by atoms with van der Waals surface area (Å²) in [5.41, 5.74) is -1.77. The van der Waals surface area contributed by atoms with Crippen LogP contribution in [0.25, 0.3) is 0 Å². The molecule has 3 aromatic rings. The van der Waals surface area contributed by atoms with Crippen molar-refractivity contribution in [1.29, 1.82) is 0 Å². The van der Waals surface area contributed by atoms with Crippen LogP contribution in [-0.4, -0.2) is 22.0 Å². The molecule has 0 radical (unpaired) electrons. The van der Waals surface area contributed by atoms with Crippen molar-refractivity contribution >= 4 is 46.9 Å². The Morgan fingerprint density at radius 1 is 1.03 bits per heavy atom. The van der Waals surface area contributed by atoms with Gasteiger partial charge in [-0.1, -0.05) is 59.6 Å². The van der Waals surface area contributed by atoms with Gasteiger partial charge in [0.15, 0.2) is 5.69 Å². The first kappa shape index (κ1) is 23.3. The maximum absolute atomic E-state index is 13.5. The normalized spacial score (nSPS) is 11.0. The summed E-state index contributed by atoms with van der Waals surface area (Å²) in [6, 6.07) is 13.1. The molecule has 166 valence electrons. The summed E-state index contributed by atoms with van der Waals surface area (Å²) in [7, 11) is 0. The van der Waals surface area contributed by atoms with Crippen molar-refractivity contribution in [2.75, 3.05) is 5.32 Å². The fourth-order valence-corrected chi connectivity index (χ4v) is 2.82. The molecule has 1 aromatic heterocycles. The first-order valence-electron chi connectivity index (χ1n) is 8.84. The van der Waals surface area contributed by atoms with Gasteiger partial charge >= 0.3 is 18.2 Å². The van der Waals surface area contributed by atoms with Gasteiger partial charge < -0.3 is 15.4 Å². The number of anilines is 2. The van der Waals surface area contributed by atoms with Crippen LogP contribution in [0.2, 0.25) is 10.0 Å². The maximum Gasteiger partial charge on any atom is 0.434 e. The van der Waals surface area contributed by atoms with Gasteiger partial charge in [0, 0.05) is 12.7 Å². The molecule has 0 saturated heterocycles. The van der Waals surface area contributed by atoms with Crippen LogP contribution in [0.4, 0.5) is 29.6 Å². The van der Waals surface area contributed by atoms with E-state index in [4.69, 9.17) is 23.2 Å². The smallest absolute Gasteiger partial charge is 0.372 e. The summed E-state index contributed by atoms with van der Waals surface area (Å²) in [5, 5.41) is 4.98. The largest absolute Gasteiger partial charge is 0.434 e. The van der Waals surface area contributed by atoms with E-state index in [-0.39, 0.29) is 22.3 Å². The molecule has 32 heavy (non-hydrogen) atoms. The van der Waals surface area contributed by atoms with E-state index in [0.717, 1.165) is 0 Å². The lowest BCUT2D eigenvalue weighted by Crippen LogP contribution is -2.28. The van der Waals surface area contributed by atoms with Gasteiger partial charge in [0.25, 0.3) is 0 Å². The number of hydrogen-bond donors (Lipinski definition) is 2. The molecule has 2 aromatic carbocycles. The number of hydrogen-bond acceptors (Lipinski definition) is 6. The Morgan fingerprint density at radius 2 is 1.75 bits per heavy atom. The van der Waals surface area contributed by atoms with E-state index in [9.17, 15) is 22.8 Å². The van der Waals surface area contributed by atoms with Crippen LogP contribution in [0.15, 0.2) is 54.7 Å². The van der Waals surface area contributed by atoms with E-state index in [2.05, 4.69) is 25.3 Å². The number of amides is 1. The average Bonchev–Trinajstić information content (AvgIpc) is 2.75. The maximum atomic E-state index is 13.5. The minimum atomic E-state index is -5.04. The third kappa shape index (κ3) is 5.86. The second kappa shape index (κ2) is 9.84. The molecule has 2 N–H and O–H groups in total. The number of aromatic nitrogens is 2. The molecule has 0 spiro atoms. The Hall–Kier alpha value is -3.37. The second-order valence-electron chi connectivity index (χ2n) is 6.20. The number of alkyl carbamates (subject to hydrolysis) is 1. The number of carbonyl (C=O) groups excluding carboxylic acids is 2. The number of rotatable bonds is 5. The zero-order chi connectivity index (χ0) is 23.3. The standard InChI is InChI=1S/C20H13Cl2F3N4O3/c21-13-7-4-8-14(15(13)22)28-18-26-10-12(16(29-18)20(23,24)25)17(30)32-19(31)27-9-11-5-2-1-3-6-11/h1-8,10H,9H2,(H,27,31)(H,26,28,29). The van der Waals surface area contributed by atoms with Gasteiger partial charge in [-0.25, -0.2) is 19.6 Å². The molecule has 0 unspecified atom stereocenters. The highest BCUT2D eigenvalue weighted by molar-refractivity contribution is 6.43. The summed E-state index contributed by atoms with van der Waals surface area (Å²) in [5.74, 6) is -2.05. The van der Waals surface area contributed by atoms with Crippen molar-refractivity contribution in [2.45, 2.75) is 12.7 Å². The third-order valence-corrected chi connectivity index (χ3v) is 4.76. The number of benzene rings is 2. The fraction of sp³-hybridized carbons (Fsp3) is 0.100. The van der Waals surface area contributed by atoms with Crippen LogP contribution >= 0.6 is 23.2 Å². The SMILES string of the molecule is O=C(NCc1ccccc1)OC(=O)c1cnc(Nc2cccc(Cl)c2Cl)nc1C(F)(F)F. The quantitative estimate of drug-likeness (QED) is 0.361. The van der Waals surface area contributed by atoms with E-state index in [0.29, 0.717) is 11.8 Å². The van der Waals surface area contributed by atoms with Crippen LogP contribution in [-0.2, 0) is 17.5 Å². The predicted octanol–water partition coefficient (Wildman–Crippen LogP) is 5.61. The molecule has 3 rings (SSSR count). The third-order valence-electron chi connectivity index (χ3n) is 3.94. The van der Waals surface area contributed by atoms with E-state index in [1.165, 1.54) is 18.2 Å². The van der Waals surface area contributed by atoms with Crippen LogP contribution in [0.3, 0.4) is 0 Å². The minimum Gasteiger partial charge on any atom is -0.372 e. The van der Waals surface area contributed by atoms with E-state index >= 15 is 0 Å². The monoisotopic (exact) mass is 484 g/mol. The van der Waals surface area contributed by atoms with Gasteiger partial charge in [-0.05, 0) is 17.7 Å². The van der Waals surface area contributed by atoms with Crippen molar-refractivity contribution < 1.29 is 27.5 Å². The van der Waals surface area contributed by atoms with Crippen molar-refractivity contribution in [3.63, 3.8) is 0 Å². The Morgan fingerprint density at radius 3 is 2.44 bits per heavy atom. The van der Waals surface area contributed by atoms with E-state index in [1.54, 1.807) is 30.3 Å². The van der Waals surface area contributed by atoms with Crippen LogP contribution in [0.5, 0.6) is 0 Å². The molecule has 1 heterocycles. The molecule has 0 atom stereocenters. The average molecular weight is 485 g/mol. The Bertz CT molecular complexity index is 1140. The van der Waals surface area contributed by atoms with Crippen LogP contribution in [0, 0.1) is 0 Å². The summed E-state index contributed by atoms with van der Waals surface area (Å²) in [6.45, 7) is 0.0127. The molecule has 0 bridgehead atoms. The van der Waals surface area contributed by atoms with Crippen LogP contribution < -0.4 is 10.6 Å². The molecule has 0 aliphatic rings. The summed E-state index contributed by atoms with van der Waals surface area (Å²) < 4.78 is 45.0.